The summed E-state index contributed by atoms with van der Waals surface area (Å²) in [4.78, 5) is 16.0. The van der Waals surface area contributed by atoms with Crippen molar-refractivity contribution in [1.29, 1.82) is 0 Å². The number of nitrogens with zero attached hydrogens (tertiary/aromatic N) is 3. The molecule has 26 heavy (non-hydrogen) atoms. The number of carbonyl (C=O) groups excluding carboxylic acids is 1. The zero-order valence-corrected chi connectivity index (χ0v) is 16.3. The minimum absolute atomic E-state index is 0.00530. The zero-order valence-electron chi connectivity index (χ0n) is 17.5. The minimum atomic E-state index is -1.86. The highest BCUT2D eigenvalue weighted by Crippen LogP contribution is 2.68. The van der Waals surface area contributed by atoms with Crippen LogP contribution in [0.5, 0.6) is 5.88 Å². The van der Waals surface area contributed by atoms with Crippen molar-refractivity contribution < 1.29 is 17.0 Å². The SMILES string of the molecule is [2H]C([2H])(Oc1ccn(-c2ccc(C(=O)OCC)c(Cl)n2)n1)C1C(C)(C)C1(C)C. The number of ether oxygens (including phenoxy) is 2. The van der Waals surface area contributed by atoms with Crippen LogP contribution < -0.4 is 4.74 Å². The van der Waals surface area contributed by atoms with E-state index in [0.29, 0.717) is 5.82 Å². The first kappa shape index (κ1) is 16.1. The van der Waals surface area contributed by atoms with Gasteiger partial charge in [0.1, 0.15) is 5.15 Å². The fraction of sp³-hybridized carbons (Fsp3) is 0.526. The van der Waals surface area contributed by atoms with E-state index in [1.807, 2.05) is 27.7 Å². The predicted octanol–water partition coefficient (Wildman–Crippen LogP) is 4.16. The molecule has 0 bridgehead atoms. The molecular formula is C19H24ClN3O3. The Kier molecular flexibility index (Phi) is 4.08. The van der Waals surface area contributed by atoms with E-state index in [0.717, 1.165) is 0 Å². The first-order valence-corrected chi connectivity index (χ1v) is 8.88. The van der Waals surface area contributed by atoms with Crippen molar-refractivity contribution >= 4 is 17.6 Å². The third-order valence-electron chi connectivity index (χ3n) is 5.43. The first-order chi connectivity index (χ1) is 12.9. The topological polar surface area (TPSA) is 66.2 Å². The van der Waals surface area contributed by atoms with Gasteiger partial charge in [0.25, 0.3) is 0 Å². The fourth-order valence-corrected chi connectivity index (χ4v) is 3.24. The Hall–Kier alpha value is -2.08. The quantitative estimate of drug-likeness (QED) is 0.557. The van der Waals surface area contributed by atoms with E-state index in [4.69, 9.17) is 23.8 Å². The van der Waals surface area contributed by atoms with Crippen LogP contribution in [-0.4, -0.2) is 33.9 Å². The van der Waals surface area contributed by atoms with Gasteiger partial charge in [0.05, 0.1) is 21.5 Å². The van der Waals surface area contributed by atoms with Crippen LogP contribution in [0.3, 0.4) is 0 Å². The summed E-state index contributed by atoms with van der Waals surface area (Å²) in [5.41, 5.74) is -0.167. The second-order valence-electron chi connectivity index (χ2n) is 7.42. The highest BCUT2D eigenvalue weighted by atomic mass is 35.5. The third kappa shape index (κ3) is 3.18. The summed E-state index contributed by atoms with van der Waals surface area (Å²) in [7, 11) is 0. The number of esters is 1. The van der Waals surface area contributed by atoms with Gasteiger partial charge in [0.15, 0.2) is 5.82 Å². The highest BCUT2D eigenvalue weighted by molar-refractivity contribution is 6.32. The van der Waals surface area contributed by atoms with Crippen LogP contribution in [0.15, 0.2) is 24.4 Å². The molecule has 0 saturated heterocycles. The molecule has 3 rings (SSSR count). The van der Waals surface area contributed by atoms with E-state index in [1.165, 1.54) is 10.7 Å². The molecule has 0 aliphatic heterocycles. The standard InChI is InChI=1S/C19H24ClN3O3/c1-6-25-17(24)12-7-8-14(21-16(12)20)23-10-9-15(22-23)26-11-13-18(2,3)19(13,4)5/h7-10,13H,6,11H2,1-5H3/i11D2. The van der Waals surface area contributed by atoms with Crippen LogP contribution >= 0.6 is 11.6 Å². The molecule has 0 aromatic carbocycles. The monoisotopic (exact) mass is 379 g/mol. The van der Waals surface area contributed by atoms with Crippen LogP contribution in [0.4, 0.5) is 0 Å². The van der Waals surface area contributed by atoms with Crippen LogP contribution in [0.2, 0.25) is 5.15 Å². The molecule has 0 N–H and O–H groups in total. The number of rotatable bonds is 6. The maximum Gasteiger partial charge on any atom is 0.341 e. The van der Waals surface area contributed by atoms with Gasteiger partial charge >= 0.3 is 5.97 Å². The summed E-state index contributed by atoms with van der Waals surface area (Å²) < 4.78 is 28.7. The normalized spacial score (nSPS) is 19.5. The number of hydrogen-bond acceptors (Lipinski definition) is 5. The summed E-state index contributed by atoms with van der Waals surface area (Å²) in [6, 6.07) is 4.66. The molecule has 1 aliphatic rings. The van der Waals surface area contributed by atoms with E-state index in [9.17, 15) is 4.79 Å². The van der Waals surface area contributed by atoms with Crippen LogP contribution in [-0.2, 0) is 4.74 Å². The van der Waals surface area contributed by atoms with Crippen LogP contribution in [0.1, 0.15) is 47.7 Å². The van der Waals surface area contributed by atoms with Crippen LogP contribution in [0, 0.1) is 16.7 Å². The Balaban J connectivity index is 1.78. The van der Waals surface area contributed by atoms with Crippen molar-refractivity contribution in [2.45, 2.75) is 34.6 Å². The fourth-order valence-electron chi connectivity index (χ4n) is 3.01. The second-order valence-corrected chi connectivity index (χ2v) is 7.78. The highest BCUT2D eigenvalue weighted by Gasteiger charge is 2.64. The number of halogens is 1. The van der Waals surface area contributed by atoms with Crippen molar-refractivity contribution in [2.75, 3.05) is 13.2 Å². The van der Waals surface area contributed by atoms with Crippen molar-refractivity contribution in [2.24, 2.45) is 16.7 Å². The van der Waals surface area contributed by atoms with E-state index < -0.39 is 12.5 Å². The second kappa shape index (κ2) is 6.58. The molecule has 1 aliphatic carbocycles. The Bertz CT molecular complexity index is 898. The molecule has 0 amide bonds. The number of aromatic nitrogens is 3. The molecule has 140 valence electrons. The molecule has 0 unspecified atom stereocenters. The van der Waals surface area contributed by atoms with E-state index in [1.54, 1.807) is 25.3 Å². The molecule has 6 nitrogen and oxygen atoms in total. The summed E-state index contributed by atoms with van der Waals surface area (Å²) in [6.07, 6.45) is 1.59. The molecule has 7 heteroatoms. The van der Waals surface area contributed by atoms with Gasteiger partial charge in [-0.3, -0.25) is 0 Å². The molecule has 0 atom stereocenters. The summed E-state index contributed by atoms with van der Waals surface area (Å²) >= 11 is 6.09. The maximum atomic E-state index is 11.8. The van der Waals surface area contributed by atoms with Gasteiger partial charge in [-0.15, -0.1) is 5.10 Å². The lowest BCUT2D eigenvalue weighted by molar-refractivity contribution is 0.0526. The summed E-state index contributed by atoms with van der Waals surface area (Å²) in [5, 5.41) is 4.25. The Morgan fingerprint density at radius 3 is 2.58 bits per heavy atom. The Morgan fingerprint density at radius 2 is 2.00 bits per heavy atom. The smallest absolute Gasteiger partial charge is 0.341 e. The maximum absolute atomic E-state index is 11.8. The third-order valence-corrected chi connectivity index (χ3v) is 5.72. The molecule has 0 radical (unpaired) electrons. The van der Waals surface area contributed by atoms with E-state index in [-0.39, 0.29) is 40.0 Å². The minimum Gasteiger partial charge on any atom is -0.476 e. The van der Waals surface area contributed by atoms with Gasteiger partial charge in [-0.2, -0.15) is 0 Å². The van der Waals surface area contributed by atoms with Crippen molar-refractivity contribution in [3.63, 3.8) is 0 Å². The van der Waals surface area contributed by atoms with Crippen molar-refractivity contribution in [3.05, 3.63) is 35.1 Å². The molecule has 0 spiro atoms. The van der Waals surface area contributed by atoms with Crippen molar-refractivity contribution in [3.8, 4) is 11.7 Å². The number of pyridine rings is 1. The summed E-state index contributed by atoms with van der Waals surface area (Å²) in [6.45, 7) is 8.24. The van der Waals surface area contributed by atoms with Gasteiger partial charge < -0.3 is 9.47 Å². The lowest BCUT2D eigenvalue weighted by atomic mass is 10.0. The average molecular weight is 380 g/mol. The predicted molar refractivity (Wildman–Crippen MR) is 98.9 cm³/mol. The number of carbonyl (C=O) groups is 1. The number of hydrogen-bond donors (Lipinski definition) is 0. The molecule has 2 aromatic rings. The molecule has 1 saturated carbocycles. The van der Waals surface area contributed by atoms with Gasteiger partial charge in [-0.05, 0) is 29.9 Å². The Labute approximate surface area is 161 Å². The molecule has 2 aromatic heterocycles. The lowest BCUT2D eigenvalue weighted by Crippen LogP contribution is -2.08. The van der Waals surface area contributed by atoms with Gasteiger partial charge in [0, 0.05) is 18.2 Å². The van der Waals surface area contributed by atoms with Gasteiger partial charge in [-0.1, -0.05) is 39.3 Å². The van der Waals surface area contributed by atoms with Gasteiger partial charge in [0.2, 0.25) is 5.88 Å². The molecular weight excluding hydrogens is 354 g/mol. The van der Waals surface area contributed by atoms with E-state index >= 15 is 0 Å². The molecule has 1 fully saturated rings. The van der Waals surface area contributed by atoms with Crippen molar-refractivity contribution in [1.82, 2.24) is 14.8 Å². The Morgan fingerprint density at radius 1 is 1.31 bits per heavy atom. The van der Waals surface area contributed by atoms with E-state index in [2.05, 4.69) is 10.1 Å². The largest absolute Gasteiger partial charge is 0.476 e. The lowest BCUT2D eigenvalue weighted by Gasteiger charge is -2.06. The average Bonchev–Trinajstić information content (AvgIpc) is 2.87. The van der Waals surface area contributed by atoms with Crippen LogP contribution in [0.25, 0.3) is 5.82 Å². The zero-order chi connectivity index (χ0) is 20.9. The molecule has 2 heterocycles. The first-order valence-electron chi connectivity index (χ1n) is 9.50. The van der Waals surface area contributed by atoms with Gasteiger partial charge in [-0.25, -0.2) is 14.5 Å². The summed E-state index contributed by atoms with van der Waals surface area (Å²) in [5.74, 6) is -0.274.